The average molecular weight is 286 g/mol. The van der Waals surface area contributed by atoms with Crippen LogP contribution in [0.5, 0.6) is 0 Å². The molecule has 1 amide bonds. The van der Waals surface area contributed by atoms with Crippen LogP contribution in [0.4, 0.5) is 11.4 Å². The number of likely N-dealkylation sites (N-methyl/N-ethyl adjacent to an activating group) is 1. The molecule has 0 fully saturated rings. The molecule has 5 heteroatoms. The van der Waals surface area contributed by atoms with E-state index in [0.29, 0.717) is 18.8 Å². The van der Waals surface area contributed by atoms with Gasteiger partial charge in [-0.25, -0.2) is 0 Å². The Hall–Kier alpha value is -2.30. The highest BCUT2D eigenvalue weighted by Gasteiger charge is 2.14. The minimum absolute atomic E-state index is 0.00228. The summed E-state index contributed by atoms with van der Waals surface area (Å²) < 4.78 is 0. The SMILES string of the molecule is CCN(CC(=O)NC(C)C)c1ccc2ncccc2c1N. The van der Waals surface area contributed by atoms with Gasteiger partial charge in [0.2, 0.25) is 5.91 Å². The molecule has 0 aliphatic carbocycles. The maximum absolute atomic E-state index is 12.0. The van der Waals surface area contributed by atoms with Crippen LogP contribution in [0.15, 0.2) is 30.5 Å². The van der Waals surface area contributed by atoms with Crippen LogP contribution in [0.1, 0.15) is 20.8 Å². The zero-order valence-corrected chi connectivity index (χ0v) is 12.8. The summed E-state index contributed by atoms with van der Waals surface area (Å²) in [6.07, 6.45) is 1.75. The molecule has 0 atom stereocenters. The molecule has 0 saturated heterocycles. The van der Waals surface area contributed by atoms with E-state index >= 15 is 0 Å². The van der Waals surface area contributed by atoms with E-state index in [1.807, 2.05) is 49.9 Å². The fourth-order valence-corrected chi connectivity index (χ4v) is 2.35. The minimum atomic E-state index is -0.00228. The van der Waals surface area contributed by atoms with Crippen LogP contribution in [0.2, 0.25) is 0 Å². The molecule has 21 heavy (non-hydrogen) atoms. The highest BCUT2D eigenvalue weighted by Crippen LogP contribution is 2.30. The fourth-order valence-electron chi connectivity index (χ4n) is 2.35. The van der Waals surface area contributed by atoms with Gasteiger partial charge in [0.25, 0.3) is 0 Å². The van der Waals surface area contributed by atoms with E-state index in [1.165, 1.54) is 0 Å². The molecule has 0 saturated carbocycles. The maximum atomic E-state index is 12.0. The normalized spacial score (nSPS) is 10.9. The number of fused-ring (bicyclic) bond motifs is 1. The summed E-state index contributed by atoms with van der Waals surface area (Å²) in [6, 6.07) is 7.81. The van der Waals surface area contributed by atoms with Gasteiger partial charge in [-0.1, -0.05) is 0 Å². The van der Waals surface area contributed by atoms with E-state index in [9.17, 15) is 4.79 Å². The van der Waals surface area contributed by atoms with Crippen LogP contribution in [0.25, 0.3) is 10.9 Å². The van der Waals surface area contributed by atoms with Gasteiger partial charge in [0.05, 0.1) is 23.4 Å². The van der Waals surface area contributed by atoms with E-state index < -0.39 is 0 Å². The van der Waals surface area contributed by atoms with Crippen molar-refractivity contribution in [2.75, 3.05) is 23.7 Å². The number of hydrogen-bond acceptors (Lipinski definition) is 4. The molecule has 1 aromatic heterocycles. The number of nitrogens with one attached hydrogen (secondary N) is 1. The van der Waals surface area contributed by atoms with Gasteiger partial charge in [-0.3, -0.25) is 9.78 Å². The molecule has 1 aromatic carbocycles. The molecule has 3 N–H and O–H groups in total. The first-order chi connectivity index (χ1) is 10.0. The quantitative estimate of drug-likeness (QED) is 0.826. The van der Waals surface area contributed by atoms with Gasteiger partial charge in [0.15, 0.2) is 0 Å². The third-order valence-corrected chi connectivity index (χ3v) is 3.31. The number of anilines is 2. The molecular weight excluding hydrogens is 264 g/mol. The second-order valence-corrected chi connectivity index (χ2v) is 5.30. The Kier molecular flexibility index (Phi) is 4.62. The number of hydrogen-bond donors (Lipinski definition) is 2. The predicted molar refractivity (Wildman–Crippen MR) is 87.3 cm³/mol. The van der Waals surface area contributed by atoms with Crippen molar-refractivity contribution in [3.63, 3.8) is 0 Å². The molecule has 0 bridgehead atoms. The van der Waals surface area contributed by atoms with Crippen molar-refractivity contribution < 1.29 is 4.79 Å². The molecule has 112 valence electrons. The van der Waals surface area contributed by atoms with Crippen molar-refractivity contribution >= 4 is 28.2 Å². The number of benzene rings is 1. The van der Waals surface area contributed by atoms with Crippen LogP contribution >= 0.6 is 0 Å². The number of nitrogens with zero attached hydrogens (tertiary/aromatic N) is 2. The van der Waals surface area contributed by atoms with Crippen LogP contribution in [-0.4, -0.2) is 30.0 Å². The molecular formula is C16H22N4O. The third-order valence-electron chi connectivity index (χ3n) is 3.31. The number of nitrogen functional groups attached to an aromatic ring is 1. The Morgan fingerprint density at radius 2 is 2.14 bits per heavy atom. The molecule has 2 rings (SSSR count). The minimum Gasteiger partial charge on any atom is -0.396 e. The first kappa shape index (κ1) is 15.1. The van der Waals surface area contributed by atoms with Crippen molar-refractivity contribution in [1.82, 2.24) is 10.3 Å². The summed E-state index contributed by atoms with van der Waals surface area (Å²) in [6.45, 7) is 6.91. The summed E-state index contributed by atoms with van der Waals surface area (Å²) >= 11 is 0. The molecule has 0 aliphatic rings. The molecule has 0 aliphatic heterocycles. The lowest BCUT2D eigenvalue weighted by Gasteiger charge is -2.25. The highest BCUT2D eigenvalue weighted by atomic mass is 16.2. The monoisotopic (exact) mass is 286 g/mol. The van der Waals surface area contributed by atoms with E-state index in [0.717, 1.165) is 16.6 Å². The fraction of sp³-hybridized carbons (Fsp3) is 0.375. The lowest BCUT2D eigenvalue weighted by atomic mass is 10.1. The second-order valence-electron chi connectivity index (χ2n) is 5.30. The van der Waals surface area contributed by atoms with E-state index in [1.54, 1.807) is 6.20 Å². The van der Waals surface area contributed by atoms with Crippen LogP contribution < -0.4 is 16.0 Å². The average Bonchev–Trinajstić information content (AvgIpc) is 2.45. The van der Waals surface area contributed by atoms with Crippen molar-refractivity contribution in [3.8, 4) is 0 Å². The first-order valence-electron chi connectivity index (χ1n) is 7.20. The number of pyridine rings is 1. The topological polar surface area (TPSA) is 71.2 Å². The van der Waals surface area contributed by atoms with E-state index in [2.05, 4.69) is 10.3 Å². The number of rotatable bonds is 5. The van der Waals surface area contributed by atoms with Crippen molar-refractivity contribution in [2.45, 2.75) is 26.8 Å². The summed E-state index contributed by atoms with van der Waals surface area (Å²) in [4.78, 5) is 18.2. The molecule has 0 spiro atoms. The number of nitrogens with two attached hydrogens (primary N) is 1. The van der Waals surface area contributed by atoms with Gasteiger partial charge < -0.3 is 16.0 Å². The number of carbonyl (C=O) groups is 1. The van der Waals surface area contributed by atoms with Crippen molar-refractivity contribution in [2.24, 2.45) is 0 Å². The van der Waals surface area contributed by atoms with Gasteiger partial charge in [-0.15, -0.1) is 0 Å². The van der Waals surface area contributed by atoms with Crippen molar-refractivity contribution in [1.29, 1.82) is 0 Å². The third kappa shape index (κ3) is 3.42. The Bertz CT molecular complexity index is 639. The summed E-state index contributed by atoms with van der Waals surface area (Å²) in [5.74, 6) is -0.00228. The Balaban J connectivity index is 2.30. The van der Waals surface area contributed by atoms with Crippen LogP contribution in [0.3, 0.4) is 0 Å². The van der Waals surface area contributed by atoms with Crippen LogP contribution in [0, 0.1) is 0 Å². The Morgan fingerprint density at radius 3 is 2.81 bits per heavy atom. The van der Waals surface area contributed by atoms with Gasteiger partial charge >= 0.3 is 0 Å². The molecule has 2 aromatic rings. The van der Waals surface area contributed by atoms with Crippen molar-refractivity contribution in [3.05, 3.63) is 30.5 Å². The summed E-state index contributed by atoms with van der Waals surface area (Å²) in [7, 11) is 0. The second kappa shape index (κ2) is 6.43. The summed E-state index contributed by atoms with van der Waals surface area (Å²) in [5, 5.41) is 3.81. The van der Waals surface area contributed by atoms with E-state index in [4.69, 9.17) is 5.73 Å². The Labute approximate surface area is 125 Å². The number of amides is 1. The zero-order chi connectivity index (χ0) is 15.4. The van der Waals surface area contributed by atoms with E-state index in [-0.39, 0.29) is 11.9 Å². The number of aromatic nitrogens is 1. The smallest absolute Gasteiger partial charge is 0.239 e. The van der Waals surface area contributed by atoms with Crippen LogP contribution in [-0.2, 0) is 4.79 Å². The van der Waals surface area contributed by atoms with Gasteiger partial charge in [0, 0.05) is 24.2 Å². The maximum Gasteiger partial charge on any atom is 0.239 e. The Morgan fingerprint density at radius 1 is 1.38 bits per heavy atom. The first-order valence-corrected chi connectivity index (χ1v) is 7.20. The lowest BCUT2D eigenvalue weighted by molar-refractivity contribution is -0.120. The summed E-state index contributed by atoms with van der Waals surface area (Å²) in [5.41, 5.74) is 8.66. The molecule has 5 nitrogen and oxygen atoms in total. The molecule has 1 heterocycles. The largest absolute Gasteiger partial charge is 0.396 e. The molecule has 0 radical (unpaired) electrons. The van der Waals surface area contributed by atoms with Gasteiger partial charge in [-0.2, -0.15) is 0 Å². The standard InChI is InChI=1S/C16H22N4O/c1-4-20(10-15(21)19-11(2)3)14-8-7-13-12(16(14)17)6-5-9-18-13/h5-9,11H,4,10,17H2,1-3H3,(H,19,21). The number of carbonyl (C=O) groups excluding carboxylic acids is 1. The zero-order valence-electron chi connectivity index (χ0n) is 12.8. The molecule has 0 unspecified atom stereocenters. The van der Waals surface area contributed by atoms with Gasteiger partial charge in [0.1, 0.15) is 0 Å². The lowest BCUT2D eigenvalue weighted by Crippen LogP contribution is -2.40. The predicted octanol–water partition coefficient (Wildman–Crippen LogP) is 2.17. The van der Waals surface area contributed by atoms with Gasteiger partial charge in [-0.05, 0) is 45.0 Å². The highest BCUT2D eigenvalue weighted by molar-refractivity contribution is 5.98.